The van der Waals surface area contributed by atoms with E-state index in [9.17, 15) is 0 Å². The number of ether oxygens (including phenoxy) is 2. The molecule has 0 aliphatic carbocycles. The molecule has 0 radical (unpaired) electrons. The lowest BCUT2D eigenvalue weighted by Gasteiger charge is -2.15. The fourth-order valence-electron chi connectivity index (χ4n) is 1.31. The Kier molecular flexibility index (Phi) is 7.23. The van der Waals surface area contributed by atoms with Crippen LogP contribution < -0.4 is 5.32 Å². The van der Waals surface area contributed by atoms with Crippen molar-refractivity contribution in [2.75, 3.05) is 34.0 Å². The normalized spacial score (nSPS) is 12.9. The number of likely N-dealkylation sites (N-methyl/N-ethyl adjacent to an activating group) is 1. The first-order valence-corrected chi connectivity index (χ1v) is 6.91. The lowest BCUT2D eigenvalue weighted by Crippen LogP contribution is -2.32. The van der Waals surface area contributed by atoms with Gasteiger partial charge in [-0.25, -0.2) is 0 Å². The summed E-state index contributed by atoms with van der Waals surface area (Å²) in [6, 6.07) is 2.44. The topological polar surface area (TPSA) is 30.5 Å². The highest BCUT2D eigenvalue weighted by molar-refractivity contribution is 9.10. The van der Waals surface area contributed by atoms with Crippen LogP contribution in [-0.2, 0) is 15.9 Å². The summed E-state index contributed by atoms with van der Waals surface area (Å²) in [7, 11) is 3.65. The van der Waals surface area contributed by atoms with Crippen LogP contribution in [0, 0.1) is 0 Å². The highest BCUT2D eigenvalue weighted by Gasteiger charge is 2.10. The van der Waals surface area contributed by atoms with E-state index in [1.807, 2.05) is 7.05 Å². The molecule has 16 heavy (non-hydrogen) atoms. The quantitative estimate of drug-likeness (QED) is 0.748. The summed E-state index contributed by atoms with van der Waals surface area (Å²) in [6.07, 6.45) is 0.988. The first-order chi connectivity index (χ1) is 7.77. The molecule has 0 aliphatic heterocycles. The number of methoxy groups -OCH3 is 1. The van der Waals surface area contributed by atoms with Gasteiger partial charge in [-0.2, -0.15) is 0 Å². The van der Waals surface area contributed by atoms with Crippen molar-refractivity contribution in [1.82, 2.24) is 5.32 Å². The Hall–Kier alpha value is 0.0600. The van der Waals surface area contributed by atoms with Crippen LogP contribution in [0.4, 0.5) is 0 Å². The minimum atomic E-state index is 0.354. The Bertz CT molecular complexity index is 293. The molecule has 0 saturated carbocycles. The van der Waals surface area contributed by atoms with E-state index in [0.29, 0.717) is 25.9 Å². The first kappa shape index (κ1) is 14.1. The van der Waals surface area contributed by atoms with Crippen LogP contribution >= 0.6 is 27.3 Å². The zero-order valence-electron chi connectivity index (χ0n) is 9.66. The van der Waals surface area contributed by atoms with E-state index in [1.54, 1.807) is 18.4 Å². The SMILES string of the molecule is CNC(COCCOC)Cc1sccc1Br. The molecule has 1 unspecified atom stereocenters. The molecule has 5 heteroatoms. The van der Waals surface area contributed by atoms with E-state index >= 15 is 0 Å². The van der Waals surface area contributed by atoms with E-state index in [1.165, 1.54) is 9.35 Å². The highest BCUT2D eigenvalue weighted by Crippen LogP contribution is 2.23. The van der Waals surface area contributed by atoms with Gasteiger partial charge in [-0.15, -0.1) is 11.3 Å². The maximum atomic E-state index is 5.52. The third-order valence-corrected chi connectivity index (χ3v) is 4.23. The minimum Gasteiger partial charge on any atom is -0.382 e. The van der Waals surface area contributed by atoms with Gasteiger partial charge in [-0.1, -0.05) is 0 Å². The molecule has 1 aromatic rings. The van der Waals surface area contributed by atoms with Crippen molar-refractivity contribution >= 4 is 27.3 Å². The molecule has 1 rings (SSSR count). The Morgan fingerprint density at radius 3 is 2.88 bits per heavy atom. The van der Waals surface area contributed by atoms with Gasteiger partial charge in [0.05, 0.1) is 19.8 Å². The number of nitrogens with one attached hydrogen (secondary N) is 1. The maximum Gasteiger partial charge on any atom is 0.0701 e. The molecular weight excluding hydrogens is 290 g/mol. The van der Waals surface area contributed by atoms with Crippen molar-refractivity contribution in [2.45, 2.75) is 12.5 Å². The van der Waals surface area contributed by atoms with Gasteiger partial charge in [0.2, 0.25) is 0 Å². The summed E-state index contributed by atoms with van der Waals surface area (Å²) in [5, 5.41) is 5.36. The fourth-order valence-corrected chi connectivity index (χ4v) is 2.90. The lowest BCUT2D eigenvalue weighted by atomic mass is 10.2. The molecule has 1 aromatic heterocycles. The first-order valence-electron chi connectivity index (χ1n) is 5.23. The number of rotatable bonds is 8. The zero-order valence-corrected chi connectivity index (χ0v) is 12.1. The van der Waals surface area contributed by atoms with Gasteiger partial charge in [0.25, 0.3) is 0 Å². The number of halogens is 1. The van der Waals surface area contributed by atoms with Crippen molar-refractivity contribution in [3.05, 3.63) is 20.8 Å². The number of hydrogen-bond acceptors (Lipinski definition) is 4. The third-order valence-electron chi connectivity index (χ3n) is 2.28. The van der Waals surface area contributed by atoms with Gasteiger partial charge in [-0.05, 0) is 34.4 Å². The average Bonchev–Trinajstić information content (AvgIpc) is 2.68. The van der Waals surface area contributed by atoms with Crippen LogP contribution in [0.2, 0.25) is 0 Å². The van der Waals surface area contributed by atoms with E-state index in [4.69, 9.17) is 9.47 Å². The molecule has 92 valence electrons. The second-order valence-corrected chi connectivity index (χ2v) is 5.30. The molecule has 1 N–H and O–H groups in total. The van der Waals surface area contributed by atoms with Crippen molar-refractivity contribution in [3.8, 4) is 0 Å². The number of hydrogen-bond donors (Lipinski definition) is 1. The molecule has 0 aromatic carbocycles. The molecule has 3 nitrogen and oxygen atoms in total. The molecule has 1 heterocycles. The van der Waals surface area contributed by atoms with Crippen molar-refractivity contribution in [3.63, 3.8) is 0 Å². The lowest BCUT2D eigenvalue weighted by molar-refractivity contribution is 0.0598. The largest absolute Gasteiger partial charge is 0.382 e. The van der Waals surface area contributed by atoms with Gasteiger partial charge < -0.3 is 14.8 Å². The second-order valence-electron chi connectivity index (χ2n) is 3.45. The molecule has 0 bridgehead atoms. The monoisotopic (exact) mass is 307 g/mol. The molecule has 0 saturated heterocycles. The zero-order chi connectivity index (χ0) is 11.8. The molecule has 0 spiro atoms. The van der Waals surface area contributed by atoms with E-state index in [-0.39, 0.29) is 0 Å². The van der Waals surface area contributed by atoms with Gasteiger partial charge in [-0.3, -0.25) is 0 Å². The summed E-state index contributed by atoms with van der Waals surface area (Å²) >= 11 is 5.31. The van der Waals surface area contributed by atoms with E-state index < -0.39 is 0 Å². The summed E-state index contributed by atoms with van der Waals surface area (Å²) < 4.78 is 11.6. The summed E-state index contributed by atoms with van der Waals surface area (Å²) in [5.41, 5.74) is 0. The van der Waals surface area contributed by atoms with E-state index in [0.717, 1.165) is 6.42 Å². The fraction of sp³-hybridized carbons (Fsp3) is 0.636. The van der Waals surface area contributed by atoms with Crippen LogP contribution in [0.5, 0.6) is 0 Å². The Morgan fingerprint density at radius 2 is 2.31 bits per heavy atom. The molecule has 0 amide bonds. The predicted molar refractivity (Wildman–Crippen MR) is 71.3 cm³/mol. The Labute approximate surface area is 109 Å². The average molecular weight is 308 g/mol. The third kappa shape index (κ3) is 4.93. The molecule has 0 fully saturated rings. The van der Waals surface area contributed by atoms with Crippen molar-refractivity contribution < 1.29 is 9.47 Å². The van der Waals surface area contributed by atoms with Crippen molar-refractivity contribution in [2.24, 2.45) is 0 Å². The van der Waals surface area contributed by atoms with Crippen LogP contribution in [0.1, 0.15) is 4.88 Å². The van der Waals surface area contributed by atoms with Gasteiger partial charge in [0.1, 0.15) is 0 Å². The van der Waals surface area contributed by atoms with Gasteiger partial charge >= 0.3 is 0 Å². The summed E-state index contributed by atoms with van der Waals surface area (Å²) in [5.74, 6) is 0. The maximum absolute atomic E-state index is 5.52. The molecule has 1 atom stereocenters. The van der Waals surface area contributed by atoms with E-state index in [2.05, 4.69) is 32.7 Å². The Morgan fingerprint density at radius 1 is 1.50 bits per heavy atom. The summed E-state index contributed by atoms with van der Waals surface area (Å²) in [6.45, 7) is 2.02. The van der Waals surface area contributed by atoms with Crippen LogP contribution in [0.25, 0.3) is 0 Å². The molecular formula is C11H18BrNO2S. The van der Waals surface area contributed by atoms with Crippen LogP contribution in [-0.4, -0.2) is 40.0 Å². The number of thiophene rings is 1. The highest BCUT2D eigenvalue weighted by atomic mass is 79.9. The minimum absolute atomic E-state index is 0.354. The molecule has 0 aliphatic rings. The standard InChI is InChI=1S/C11H18BrNO2S/c1-13-9(8-15-5-4-14-2)7-11-10(12)3-6-16-11/h3,6,9,13H,4-5,7-8H2,1-2H3. The smallest absolute Gasteiger partial charge is 0.0701 e. The van der Waals surface area contributed by atoms with Crippen molar-refractivity contribution in [1.29, 1.82) is 0 Å². The Balaban J connectivity index is 2.29. The van der Waals surface area contributed by atoms with Gasteiger partial charge in [0.15, 0.2) is 0 Å². The second kappa shape index (κ2) is 8.20. The van der Waals surface area contributed by atoms with Crippen LogP contribution in [0.3, 0.4) is 0 Å². The predicted octanol–water partition coefficient (Wildman–Crippen LogP) is 2.30. The van der Waals surface area contributed by atoms with Gasteiger partial charge in [0, 0.05) is 28.9 Å². The van der Waals surface area contributed by atoms with Crippen LogP contribution in [0.15, 0.2) is 15.9 Å². The summed E-state index contributed by atoms with van der Waals surface area (Å²) in [4.78, 5) is 1.36.